The van der Waals surface area contributed by atoms with Gasteiger partial charge < -0.3 is 25.8 Å². The second-order valence-corrected chi connectivity index (χ2v) is 10.6. The third-order valence-corrected chi connectivity index (χ3v) is 7.21. The van der Waals surface area contributed by atoms with Crippen LogP contribution in [0.5, 0.6) is 0 Å². The number of hydrogen-bond donors (Lipinski definition) is 4. The summed E-state index contributed by atoms with van der Waals surface area (Å²) in [6.07, 6.45) is 0.274. The van der Waals surface area contributed by atoms with Gasteiger partial charge in [-0.3, -0.25) is 19.7 Å². The van der Waals surface area contributed by atoms with Gasteiger partial charge in [-0.15, -0.1) is 0 Å². The van der Waals surface area contributed by atoms with Gasteiger partial charge in [0.15, 0.2) is 11.6 Å². The summed E-state index contributed by atoms with van der Waals surface area (Å²) in [6, 6.07) is 5.92. The zero-order valence-electron chi connectivity index (χ0n) is 24.0. The monoisotopic (exact) mass is 606 g/mol. The lowest BCUT2D eigenvalue weighted by molar-refractivity contribution is -0.150. The molecular weight excluding hydrogens is 569 g/mol. The number of carboxylic acids is 1. The summed E-state index contributed by atoms with van der Waals surface area (Å²) in [5.74, 6) is -6.49. The van der Waals surface area contributed by atoms with Crippen molar-refractivity contribution in [1.29, 1.82) is 0 Å². The van der Waals surface area contributed by atoms with E-state index in [0.717, 1.165) is 10.5 Å². The van der Waals surface area contributed by atoms with Crippen LogP contribution in [0.1, 0.15) is 44.2 Å². The third kappa shape index (κ3) is 9.52. The van der Waals surface area contributed by atoms with Crippen LogP contribution < -0.4 is 16.4 Å². The van der Waals surface area contributed by atoms with Gasteiger partial charge in [0.2, 0.25) is 11.8 Å². The molecule has 13 heteroatoms. The van der Waals surface area contributed by atoms with E-state index in [-0.39, 0.29) is 38.0 Å². The molecule has 0 aromatic heterocycles. The molecule has 0 bridgehead atoms. The summed E-state index contributed by atoms with van der Waals surface area (Å²) < 4.78 is 45.8. The largest absolute Gasteiger partial charge is 0.480 e. The van der Waals surface area contributed by atoms with Gasteiger partial charge in [0.25, 0.3) is 0 Å². The summed E-state index contributed by atoms with van der Waals surface area (Å²) in [5, 5.41) is 15.4. The summed E-state index contributed by atoms with van der Waals surface area (Å²) in [7, 11) is 0. The number of esters is 1. The van der Waals surface area contributed by atoms with Crippen molar-refractivity contribution in [3.8, 4) is 0 Å². The Labute approximate surface area is 247 Å². The second-order valence-electron chi connectivity index (χ2n) is 10.6. The average molecular weight is 607 g/mol. The first-order chi connectivity index (χ1) is 20.4. The second kappa shape index (κ2) is 15.5. The fourth-order valence-corrected chi connectivity index (χ4v) is 5.11. The van der Waals surface area contributed by atoms with Crippen molar-refractivity contribution in [2.24, 2.45) is 5.73 Å². The van der Waals surface area contributed by atoms with Crippen LogP contribution in [0.25, 0.3) is 0 Å². The van der Waals surface area contributed by atoms with Crippen LogP contribution in [0, 0.1) is 17.5 Å². The molecule has 0 saturated carbocycles. The van der Waals surface area contributed by atoms with E-state index in [0.29, 0.717) is 25.0 Å². The molecule has 1 saturated heterocycles. The Hall–Kier alpha value is -3.97. The lowest BCUT2D eigenvalue weighted by Crippen LogP contribution is -2.53. The number of halogens is 3. The number of aryl methyl sites for hydroxylation is 1. The highest BCUT2D eigenvalue weighted by Crippen LogP contribution is 2.21. The van der Waals surface area contributed by atoms with Crippen LogP contribution in [0.4, 0.5) is 13.2 Å². The van der Waals surface area contributed by atoms with Crippen LogP contribution in [-0.4, -0.2) is 77.1 Å². The van der Waals surface area contributed by atoms with Crippen LogP contribution in [0.15, 0.2) is 42.5 Å². The number of likely N-dealkylation sites (tertiary alicyclic amines) is 1. The summed E-state index contributed by atoms with van der Waals surface area (Å²) in [4.78, 5) is 51.8. The van der Waals surface area contributed by atoms with Crippen LogP contribution in [-0.2, 0) is 36.8 Å². The zero-order valence-corrected chi connectivity index (χ0v) is 24.0. The number of carbonyl (C=O) groups is 4. The van der Waals surface area contributed by atoms with Gasteiger partial charge in [0.05, 0.1) is 12.6 Å². The van der Waals surface area contributed by atoms with Crippen molar-refractivity contribution in [3.05, 3.63) is 71.0 Å². The Morgan fingerprint density at radius 3 is 2.42 bits per heavy atom. The lowest BCUT2D eigenvalue weighted by atomic mass is 10.0. The Balaban J connectivity index is 1.59. The molecule has 2 amide bonds. The summed E-state index contributed by atoms with van der Waals surface area (Å²) in [5.41, 5.74) is 6.74. The van der Waals surface area contributed by atoms with Crippen molar-refractivity contribution < 1.29 is 42.2 Å². The standard InChI is InChI=1S/C30H37F3N4O6/c1-3-43-30(42)25(10-9-18-7-5-4-6-8-18)35-17(2)28(39)37-16-21(14-26(37)29(40)41)36-27(38)13-20(34)11-19-12-23(32)24(33)15-22(19)31/h4-8,12,15,17,20-21,25-26,35H,3,9-11,13-14,16,34H2,1-2H3,(H,36,38)(H,40,41)/t17-,20+,21-,25?,26-/m0/s1. The normalized spacial score (nSPS) is 18.5. The van der Waals surface area contributed by atoms with Gasteiger partial charge >= 0.3 is 11.9 Å². The fraction of sp³-hybridized carbons (Fsp3) is 0.467. The van der Waals surface area contributed by atoms with Crippen molar-refractivity contribution >= 4 is 23.8 Å². The molecule has 0 aliphatic carbocycles. The first-order valence-corrected chi connectivity index (χ1v) is 14.1. The number of ether oxygens (including phenoxy) is 1. The van der Waals surface area contributed by atoms with Gasteiger partial charge in [-0.2, -0.15) is 0 Å². The maximum Gasteiger partial charge on any atom is 0.326 e. The highest BCUT2D eigenvalue weighted by atomic mass is 19.2. The maximum absolute atomic E-state index is 14.0. The molecule has 43 heavy (non-hydrogen) atoms. The van der Waals surface area contributed by atoms with Gasteiger partial charge in [-0.25, -0.2) is 18.0 Å². The van der Waals surface area contributed by atoms with Gasteiger partial charge in [-0.05, 0) is 50.3 Å². The summed E-state index contributed by atoms with van der Waals surface area (Å²) in [6.45, 7) is 3.25. The van der Waals surface area contributed by atoms with Crippen molar-refractivity contribution in [3.63, 3.8) is 0 Å². The quantitative estimate of drug-likeness (QED) is 0.189. The Morgan fingerprint density at radius 2 is 1.77 bits per heavy atom. The van der Waals surface area contributed by atoms with Crippen LogP contribution in [0.2, 0.25) is 0 Å². The van der Waals surface area contributed by atoms with E-state index >= 15 is 0 Å². The molecule has 1 fully saturated rings. The summed E-state index contributed by atoms with van der Waals surface area (Å²) >= 11 is 0. The molecular formula is C30H37F3N4O6. The van der Waals surface area contributed by atoms with Gasteiger partial charge in [0, 0.05) is 37.5 Å². The molecule has 2 aromatic carbocycles. The molecule has 1 aliphatic heterocycles. The molecule has 0 radical (unpaired) electrons. The number of rotatable bonds is 14. The molecule has 3 rings (SSSR count). The molecule has 10 nitrogen and oxygen atoms in total. The molecule has 1 aliphatic rings. The number of carboxylic acid groups (broad SMARTS) is 1. The van der Waals surface area contributed by atoms with Crippen LogP contribution >= 0.6 is 0 Å². The molecule has 1 heterocycles. The predicted octanol–water partition coefficient (Wildman–Crippen LogP) is 2.08. The van der Waals surface area contributed by atoms with E-state index in [9.17, 15) is 37.5 Å². The first kappa shape index (κ1) is 33.5. The highest BCUT2D eigenvalue weighted by Gasteiger charge is 2.42. The SMILES string of the molecule is CCOC(=O)C(CCc1ccccc1)N[C@@H](C)C(=O)N1C[C@@H](NC(=O)C[C@H](N)Cc2cc(F)c(F)cc2F)C[C@H]1C(=O)O. The molecule has 5 N–H and O–H groups in total. The predicted molar refractivity (Wildman–Crippen MR) is 150 cm³/mol. The lowest BCUT2D eigenvalue weighted by Gasteiger charge is -2.28. The number of nitrogens with zero attached hydrogens (tertiary/aromatic N) is 1. The van der Waals surface area contributed by atoms with Crippen LogP contribution in [0.3, 0.4) is 0 Å². The minimum absolute atomic E-state index is 0.0676. The molecule has 2 aromatic rings. The molecule has 0 spiro atoms. The Morgan fingerprint density at radius 1 is 1.09 bits per heavy atom. The molecule has 1 unspecified atom stereocenters. The number of aliphatic carboxylic acids is 1. The van der Waals surface area contributed by atoms with Gasteiger partial charge in [0.1, 0.15) is 17.9 Å². The number of carbonyl (C=O) groups excluding carboxylic acids is 3. The number of benzene rings is 2. The Bertz CT molecular complexity index is 1300. The van der Waals surface area contributed by atoms with Crippen molar-refractivity contribution in [1.82, 2.24) is 15.5 Å². The average Bonchev–Trinajstić information content (AvgIpc) is 3.37. The highest BCUT2D eigenvalue weighted by molar-refractivity contribution is 5.88. The van der Waals surface area contributed by atoms with Gasteiger partial charge in [-0.1, -0.05) is 30.3 Å². The maximum atomic E-state index is 14.0. The number of nitrogens with two attached hydrogens (primary N) is 1. The van der Waals surface area contributed by atoms with E-state index in [4.69, 9.17) is 10.5 Å². The number of hydrogen-bond acceptors (Lipinski definition) is 7. The third-order valence-electron chi connectivity index (χ3n) is 7.21. The van der Waals surface area contributed by atoms with Crippen molar-refractivity contribution in [2.75, 3.05) is 13.2 Å². The number of amides is 2. The molecule has 5 atom stereocenters. The zero-order chi connectivity index (χ0) is 31.7. The minimum Gasteiger partial charge on any atom is -0.480 e. The minimum atomic E-state index is -1.34. The number of nitrogens with one attached hydrogen (secondary N) is 2. The van der Waals surface area contributed by atoms with E-state index in [2.05, 4.69) is 10.6 Å². The topological polar surface area (TPSA) is 151 Å². The smallest absolute Gasteiger partial charge is 0.326 e. The van der Waals surface area contributed by atoms with E-state index < -0.39 is 71.4 Å². The Kier molecular flexibility index (Phi) is 12.1. The van der Waals surface area contributed by atoms with Crippen molar-refractivity contribution in [2.45, 2.75) is 76.2 Å². The van der Waals surface area contributed by atoms with E-state index in [1.54, 1.807) is 6.92 Å². The fourth-order valence-electron chi connectivity index (χ4n) is 5.11. The van der Waals surface area contributed by atoms with E-state index in [1.165, 1.54) is 6.92 Å². The van der Waals surface area contributed by atoms with E-state index in [1.807, 2.05) is 30.3 Å². The molecule has 234 valence electrons. The first-order valence-electron chi connectivity index (χ1n) is 14.1.